The van der Waals surface area contributed by atoms with Crippen molar-refractivity contribution in [3.8, 4) is 11.5 Å². The molecule has 1 fully saturated rings. The van der Waals surface area contributed by atoms with Gasteiger partial charge in [-0.1, -0.05) is 27.3 Å². The first-order valence-corrected chi connectivity index (χ1v) is 15.9. The molecule has 1 saturated heterocycles. The zero-order valence-electron chi connectivity index (χ0n) is 23.3. The highest BCUT2D eigenvalue weighted by molar-refractivity contribution is 9.11. The van der Waals surface area contributed by atoms with Crippen LogP contribution in [0.2, 0.25) is 0 Å². The average molecular weight is 709 g/mol. The summed E-state index contributed by atoms with van der Waals surface area (Å²) in [6, 6.07) is 4.64. The number of ether oxygens (including phenoxy) is 3. The third kappa shape index (κ3) is 5.78. The molecule has 2 aromatic heterocycles. The van der Waals surface area contributed by atoms with Crippen LogP contribution in [0, 0.1) is 0 Å². The topological polar surface area (TPSA) is 95.5 Å². The van der Waals surface area contributed by atoms with Gasteiger partial charge in [-0.15, -0.1) is 0 Å². The molecule has 4 heterocycles. The molecule has 9 nitrogen and oxygen atoms in total. The maximum absolute atomic E-state index is 14.0. The van der Waals surface area contributed by atoms with Crippen LogP contribution in [0.4, 0.5) is 5.88 Å². The molecule has 0 unspecified atom stereocenters. The standard InChI is InChI=1S/C29H31Br2N3O6S/c1-5-38-22-15-19(30)18(14-21(22)37-4)25-24(28(36)39-6-2)16(3)32-29-34(25)26(35)23(41-29)13-17-12-20(31)27(40-17)33-10-8-7-9-11-33/h12-15,25H,5-11H2,1-4H3/b23-13+/t25-/m1/s1. The summed E-state index contributed by atoms with van der Waals surface area (Å²) in [5, 5.41) is 0. The number of methoxy groups -OCH3 is 1. The Morgan fingerprint density at radius 3 is 2.56 bits per heavy atom. The molecule has 1 atom stereocenters. The minimum absolute atomic E-state index is 0.188. The van der Waals surface area contributed by atoms with Gasteiger partial charge in [0.2, 0.25) is 5.88 Å². The van der Waals surface area contributed by atoms with Gasteiger partial charge in [0.25, 0.3) is 5.56 Å². The van der Waals surface area contributed by atoms with Gasteiger partial charge in [0, 0.05) is 29.7 Å². The van der Waals surface area contributed by atoms with E-state index in [4.69, 9.17) is 18.6 Å². The summed E-state index contributed by atoms with van der Waals surface area (Å²) in [6.45, 7) is 7.89. The van der Waals surface area contributed by atoms with E-state index in [-0.39, 0.29) is 17.7 Å². The first-order valence-electron chi connectivity index (χ1n) is 13.5. The molecule has 2 aliphatic rings. The van der Waals surface area contributed by atoms with Gasteiger partial charge in [-0.2, -0.15) is 0 Å². The quantitative estimate of drug-likeness (QED) is 0.293. The number of esters is 1. The summed E-state index contributed by atoms with van der Waals surface area (Å²) in [7, 11) is 1.55. The van der Waals surface area contributed by atoms with Crippen molar-refractivity contribution in [2.24, 2.45) is 4.99 Å². The number of carbonyl (C=O) groups is 1. The second-order valence-electron chi connectivity index (χ2n) is 9.61. The highest BCUT2D eigenvalue weighted by Crippen LogP contribution is 2.41. The van der Waals surface area contributed by atoms with Crippen molar-refractivity contribution < 1.29 is 23.4 Å². The molecule has 3 aromatic rings. The molecule has 218 valence electrons. The van der Waals surface area contributed by atoms with Crippen molar-refractivity contribution in [1.82, 2.24) is 4.57 Å². The number of benzene rings is 1. The second-order valence-corrected chi connectivity index (χ2v) is 12.3. The summed E-state index contributed by atoms with van der Waals surface area (Å²) in [4.78, 5) is 34.7. The lowest BCUT2D eigenvalue weighted by molar-refractivity contribution is -0.139. The van der Waals surface area contributed by atoms with E-state index in [1.807, 2.05) is 13.0 Å². The van der Waals surface area contributed by atoms with Crippen molar-refractivity contribution in [3.05, 3.63) is 69.4 Å². The van der Waals surface area contributed by atoms with E-state index in [1.54, 1.807) is 43.7 Å². The van der Waals surface area contributed by atoms with Crippen molar-refractivity contribution in [1.29, 1.82) is 0 Å². The van der Waals surface area contributed by atoms with Crippen LogP contribution in [0.5, 0.6) is 11.5 Å². The van der Waals surface area contributed by atoms with Crippen LogP contribution >= 0.6 is 43.2 Å². The van der Waals surface area contributed by atoms with Gasteiger partial charge in [0.15, 0.2) is 16.3 Å². The lowest BCUT2D eigenvalue weighted by Crippen LogP contribution is -2.40. The highest BCUT2D eigenvalue weighted by atomic mass is 79.9. The van der Waals surface area contributed by atoms with Crippen molar-refractivity contribution in [3.63, 3.8) is 0 Å². The van der Waals surface area contributed by atoms with Crippen LogP contribution in [0.25, 0.3) is 6.08 Å². The Hall–Kier alpha value is -2.83. The zero-order chi connectivity index (χ0) is 29.3. The van der Waals surface area contributed by atoms with Crippen LogP contribution in [0.1, 0.15) is 57.4 Å². The van der Waals surface area contributed by atoms with E-state index in [9.17, 15) is 9.59 Å². The first-order chi connectivity index (χ1) is 19.8. The maximum atomic E-state index is 14.0. The van der Waals surface area contributed by atoms with Crippen LogP contribution in [0.3, 0.4) is 0 Å². The minimum Gasteiger partial charge on any atom is -0.493 e. The smallest absolute Gasteiger partial charge is 0.338 e. The number of nitrogens with zero attached hydrogens (tertiary/aromatic N) is 3. The fourth-order valence-electron chi connectivity index (χ4n) is 5.16. The van der Waals surface area contributed by atoms with Crippen LogP contribution in [-0.2, 0) is 9.53 Å². The predicted molar refractivity (Wildman–Crippen MR) is 165 cm³/mol. The van der Waals surface area contributed by atoms with E-state index >= 15 is 0 Å². The molecule has 0 saturated carbocycles. The van der Waals surface area contributed by atoms with E-state index in [0.717, 1.165) is 36.3 Å². The van der Waals surface area contributed by atoms with Crippen molar-refractivity contribution in [2.75, 3.05) is 38.3 Å². The van der Waals surface area contributed by atoms with Gasteiger partial charge in [-0.05, 0) is 73.7 Å². The molecule has 1 aromatic carbocycles. The number of halogens is 2. The van der Waals surface area contributed by atoms with E-state index in [1.165, 1.54) is 17.8 Å². The maximum Gasteiger partial charge on any atom is 0.338 e. The molecule has 2 aliphatic heterocycles. The lowest BCUT2D eigenvalue weighted by atomic mass is 9.95. The zero-order valence-corrected chi connectivity index (χ0v) is 27.3. The molecule has 0 radical (unpaired) electrons. The summed E-state index contributed by atoms with van der Waals surface area (Å²) < 4.78 is 26.4. The van der Waals surface area contributed by atoms with Gasteiger partial charge < -0.3 is 23.5 Å². The van der Waals surface area contributed by atoms with Crippen LogP contribution in [-0.4, -0.2) is 43.9 Å². The Bertz CT molecular complexity index is 1680. The molecule has 0 aliphatic carbocycles. The number of aromatic nitrogens is 1. The van der Waals surface area contributed by atoms with Gasteiger partial charge in [-0.25, -0.2) is 9.79 Å². The van der Waals surface area contributed by atoms with Crippen molar-refractivity contribution in [2.45, 2.75) is 46.1 Å². The monoisotopic (exact) mass is 707 g/mol. The predicted octanol–water partition coefficient (Wildman–Crippen LogP) is 5.31. The number of furan rings is 1. The Labute approximate surface area is 258 Å². The van der Waals surface area contributed by atoms with Crippen LogP contribution < -0.4 is 29.3 Å². The molecule has 41 heavy (non-hydrogen) atoms. The van der Waals surface area contributed by atoms with Gasteiger partial charge >= 0.3 is 5.97 Å². The van der Waals surface area contributed by atoms with Gasteiger partial charge in [-0.3, -0.25) is 9.36 Å². The molecule has 0 bridgehead atoms. The lowest BCUT2D eigenvalue weighted by Gasteiger charge is -2.26. The normalized spacial score (nSPS) is 17.4. The average Bonchev–Trinajstić information content (AvgIpc) is 3.47. The number of thiazole rings is 1. The Balaban J connectivity index is 1.67. The number of allylic oxidation sites excluding steroid dienone is 1. The second kappa shape index (κ2) is 12.6. The number of carbonyl (C=O) groups excluding carboxylic acids is 1. The third-order valence-corrected chi connectivity index (χ3v) is 9.24. The van der Waals surface area contributed by atoms with E-state index in [0.29, 0.717) is 48.9 Å². The Morgan fingerprint density at radius 2 is 1.88 bits per heavy atom. The number of anilines is 1. The Kier molecular flexibility index (Phi) is 9.10. The number of piperidine rings is 1. The summed E-state index contributed by atoms with van der Waals surface area (Å²) in [5.41, 5.74) is 1.11. The molecule has 5 rings (SSSR count). The molecular formula is C29H31Br2N3O6S. The third-order valence-electron chi connectivity index (χ3n) is 7.00. The highest BCUT2D eigenvalue weighted by Gasteiger charge is 2.35. The minimum atomic E-state index is -0.807. The SMILES string of the molecule is CCOC(=O)C1=C(C)N=c2s/c(=C/c3cc(Br)c(N4CCCCC4)o3)c(=O)n2[C@@H]1c1cc(OC)c(OCC)cc1Br. The molecular weight excluding hydrogens is 678 g/mol. The largest absolute Gasteiger partial charge is 0.493 e. The van der Waals surface area contributed by atoms with Crippen LogP contribution in [0.15, 0.2) is 52.6 Å². The van der Waals surface area contributed by atoms with Gasteiger partial charge in [0.05, 0.1) is 46.6 Å². The summed E-state index contributed by atoms with van der Waals surface area (Å²) in [5.74, 6) is 1.82. The molecule has 12 heteroatoms. The number of hydrogen-bond acceptors (Lipinski definition) is 9. The summed E-state index contributed by atoms with van der Waals surface area (Å²) in [6.07, 6.45) is 5.19. The van der Waals surface area contributed by atoms with Crippen molar-refractivity contribution >= 4 is 61.1 Å². The van der Waals surface area contributed by atoms with Gasteiger partial charge in [0.1, 0.15) is 5.76 Å². The first kappa shape index (κ1) is 29.7. The Morgan fingerprint density at radius 1 is 1.12 bits per heavy atom. The van der Waals surface area contributed by atoms with E-state index in [2.05, 4.69) is 41.8 Å². The van der Waals surface area contributed by atoms with E-state index < -0.39 is 12.0 Å². The fraction of sp³-hybridized carbons (Fsp3) is 0.414. The number of rotatable bonds is 8. The molecule has 0 amide bonds. The number of fused-ring (bicyclic) bond motifs is 1. The molecule has 0 spiro atoms. The molecule has 0 N–H and O–H groups in total. The summed E-state index contributed by atoms with van der Waals surface area (Å²) >= 11 is 8.52. The number of hydrogen-bond donors (Lipinski definition) is 0. The fourth-order valence-corrected chi connectivity index (χ4v) is 7.29.